The Bertz CT molecular complexity index is 512. The van der Waals surface area contributed by atoms with Gasteiger partial charge in [0.25, 0.3) is 0 Å². The number of halogens is 7. The molecule has 118 valence electrons. The number of Topliss-reactive ketones (excluding diaryl/α,β-unsaturated/α-hetero) is 1. The number of benzene rings is 1. The fraction of sp³-hybridized carbons (Fsp3) is 0.364. The molecule has 1 aromatic rings. The topological polar surface area (TPSA) is 35.5 Å². The average Bonchev–Trinajstić information content (AvgIpc) is 2.28. The van der Waals surface area contributed by atoms with Crippen LogP contribution >= 0.6 is 11.6 Å². The summed E-state index contributed by atoms with van der Waals surface area (Å²) in [5.41, 5.74) is 0.00873. The van der Waals surface area contributed by atoms with Crippen LogP contribution in [0.3, 0.4) is 0 Å². The van der Waals surface area contributed by atoms with E-state index in [4.69, 9.17) is 11.6 Å². The summed E-state index contributed by atoms with van der Waals surface area (Å²) in [5, 5.41) is 0. The van der Waals surface area contributed by atoms with Gasteiger partial charge in [-0.3, -0.25) is 4.79 Å². The lowest BCUT2D eigenvalue weighted by Crippen LogP contribution is -2.21. The van der Waals surface area contributed by atoms with E-state index in [-0.39, 0.29) is 17.9 Å². The summed E-state index contributed by atoms with van der Waals surface area (Å²) in [7, 11) is 0. The number of alkyl halides is 7. The van der Waals surface area contributed by atoms with Gasteiger partial charge in [-0.2, -0.15) is 0 Å². The quantitative estimate of drug-likeness (QED) is 0.605. The predicted octanol–water partition coefficient (Wildman–Crippen LogP) is 3.83. The van der Waals surface area contributed by atoms with E-state index in [0.29, 0.717) is 12.1 Å². The van der Waals surface area contributed by atoms with Gasteiger partial charge in [0, 0.05) is 6.42 Å². The molecule has 0 radical (unpaired) electrons. The molecule has 1 aromatic carbocycles. The van der Waals surface area contributed by atoms with Crippen molar-refractivity contribution >= 4 is 17.4 Å². The van der Waals surface area contributed by atoms with Crippen molar-refractivity contribution in [3.63, 3.8) is 0 Å². The molecule has 0 saturated carbocycles. The molecule has 21 heavy (non-hydrogen) atoms. The van der Waals surface area contributed by atoms with Crippen LogP contribution in [0.2, 0.25) is 0 Å². The molecule has 0 spiro atoms. The summed E-state index contributed by atoms with van der Waals surface area (Å²) in [6.45, 7) is 0. The Morgan fingerprint density at radius 2 is 1.52 bits per heavy atom. The van der Waals surface area contributed by atoms with Crippen LogP contribution in [0.15, 0.2) is 18.2 Å². The van der Waals surface area contributed by atoms with Gasteiger partial charge in [-0.1, -0.05) is 6.07 Å². The van der Waals surface area contributed by atoms with Gasteiger partial charge in [-0.15, -0.1) is 37.9 Å². The number of hydrogen-bond donors (Lipinski definition) is 0. The highest BCUT2D eigenvalue weighted by Gasteiger charge is 2.36. The highest BCUT2D eigenvalue weighted by molar-refractivity contribution is 6.27. The van der Waals surface area contributed by atoms with Crippen molar-refractivity contribution in [3.8, 4) is 11.5 Å². The second kappa shape index (κ2) is 6.42. The molecular formula is C11H7ClF6O3. The van der Waals surface area contributed by atoms with Crippen LogP contribution < -0.4 is 9.47 Å². The number of carbonyl (C=O) groups is 1. The predicted molar refractivity (Wildman–Crippen MR) is 59.2 cm³/mol. The first kappa shape index (κ1) is 17.4. The summed E-state index contributed by atoms with van der Waals surface area (Å²) >= 11 is 5.23. The summed E-state index contributed by atoms with van der Waals surface area (Å²) in [5.74, 6) is -3.25. The molecule has 0 aromatic heterocycles. The smallest absolute Gasteiger partial charge is 0.402 e. The van der Waals surface area contributed by atoms with Crippen molar-refractivity contribution in [2.24, 2.45) is 0 Å². The minimum absolute atomic E-state index is 0.00873. The van der Waals surface area contributed by atoms with Gasteiger partial charge < -0.3 is 9.47 Å². The normalized spacial score (nSPS) is 12.1. The van der Waals surface area contributed by atoms with Crippen LogP contribution in [-0.4, -0.2) is 24.4 Å². The fourth-order valence-corrected chi connectivity index (χ4v) is 1.45. The van der Waals surface area contributed by atoms with E-state index in [1.165, 1.54) is 0 Å². The van der Waals surface area contributed by atoms with E-state index in [0.717, 1.165) is 6.07 Å². The molecule has 0 bridgehead atoms. The standard InChI is InChI=1S/C11H7ClF6O3/c12-5-7(19)3-6-1-2-8(20-10(13,14)15)9(4-6)21-11(16,17)18/h1-2,4H,3,5H2. The highest BCUT2D eigenvalue weighted by Crippen LogP contribution is 2.36. The molecule has 0 amide bonds. The van der Waals surface area contributed by atoms with Crippen molar-refractivity contribution < 1.29 is 40.6 Å². The summed E-state index contributed by atoms with van der Waals surface area (Å²) in [4.78, 5) is 11.1. The third kappa shape index (κ3) is 6.56. The second-order valence-electron chi connectivity index (χ2n) is 3.73. The lowest BCUT2D eigenvalue weighted by Gasteiger charge is -2.16. The number of hydrogen-bond acceptors (Lipinski definition) is 3. The van der Waals surface area contributed by atoms with Crippen LogP contribution in [0.5, 0.6) is 11.5 Å². The molecule has 3 nitrogen and oxygen atoms in total. The van der Waals surface area contributed by atoms with Gasteiger partial charge in [-0.05, 0) is 17.7 Å². The first-order valence-corrected chi connectivity index (χ1v) is 5.75. The van der Waals surface area contributed by atoms with Crippen LogP contribution in [0.4, 0.5) is 26.3 Å². The lowest BCUT2D eigenvalue weighted by molar-refractivity contribution is -0.287. The van der Waals surface area contributed by atoms with Crippen LogP contribution in [0, 0.1) is 0 Å². The molecule has 0 saturated heterocycles. The van der Waals surface area contributed by atoms with E-state index in [1.807, 2.05) is 0 Å². The molecule has 0 heterocycles. The van der Waals surface area contributed by atoms with E-state index < -0.39 is 30.0 Å². The van der Waals surface area contributed by atoms with E-state index >= 15 is 0 Å². The van der Waals surface area contributed by atoms with Gasteiger partial charge in [0.1, 0.15) is 0 Å². The molecule has 10 heteroatoms. The first-order chi connectivity index (χ1) is 9.50. The molecule has 0 N–H and O–H groups in total. The van der Waals surface area contributed by atoms with Crippen LogP contribution in [0.1, 0.15) is 5.56 Å². The van der Waals surface area contributed by atoms with Gasteiger partial charge in [0.2, 0.25) is 0 Å². The minimum Gasteiger partial charge on any atom is -0.402 e. The van der Waals surface area contributed by atoms with Crippen molar-refractivity contribution in [1.82, 2.24) is 0 Å². The van der Waals surface area contributed by atoms with E-state index in [2.05, 4.69) is 9.47 Å². The highest BCUT2D eigenvalue weighted by atomic mass is 35.5. The Labute approximate surface area is 119 Å². The number of ether oxygens (including phenoxy) is 2. The summed E-state index contributed by atoms with van der Waals surface area (Å²) in [6.07, 6.45) is -10.7. The summed E-state index contributed by atoms with van der Waals surface area (Å²) in [6, 6.07) is 2.28. The van der Waals surface area contributed by atoms with Gasteiger partial charge in [0.15, 0.2) is 17.3 Å². The Morgan fingerprint density at radius 3 is 2.00 bits per heavy atom. The zero-order valence-corrected chi connectivity index (χ0v) is 10.8. The second-order valence-corrected chi connectivity index (χ2v) is 3.99. The van der Waals surface area contributed by atoms with Crippen molar-refractivity contribution in [2.75, 3.05) is 5.88 Å². The fourth-order valence-electron chi connectivity index (χ4n) is 1.35. The Morgan fingerprint density at radius 1 is 1.00 bits per heavy atom. The maximum Gasteiger partial charge on any atom is 0.573 e. The van der Waals surface area contributed by atoms with Crippen LogP contribution in [0.25, 0.3) is 0 Å². The third-order valence-electron chi connectivity index (χ3n) is 2.01. The zero-order chi connectivity index (χ0) is 16.3. The molecule has 1 rings (SSSR count). The molecule has 0 fully saturated rings. The monoisotopic (exact) mass is 336 g/mol. The van der Waals surface area contributed by atoms with Crippen molar-refractivity contribution in [3.05, 3.63) is 23.8 Å². The molecule has 0 aliphatic rings. The first-order valence-electron chi connectivity index (χ1n) is 5.22. The molecular weight excluding hydrogens is 330 g/mol. The Hall–Kier alpha value is -1.64. The SMILES string of the molecule is O=C(CCl)Cc1ccc(OC(F)(F)F)c(OC(F)(F)F)c1. The third-order valence-corrected chi connectivity index (χ3v) is 2.31. The zero-order valence-electron chi connectivity index (χ0n) is 10.0. The van der Waals surface area contributed by atoms with Gasteiger partial charge >= 0.3 is 12.7 Å². The maximum absolute atomic E-state index is 12.2. The molecule has 0 aliphatic carbocycles. The number of rotatable bonds is 5. The molecule has 0 unspecified atom stereocenters. The average molecular weight is 337 g/mol. The lowest BCUT2D eigenvalue weighted by atomic mass is 10.1. The Balaban J connectivity index is 3.10. The molecule has 0 aliphatic heterocycles. The van der Waals surface area contributed by atoms with Crippen molar-refractivity contribution in [2.45, 2.75) is 19.1 Å². The maximum atomic E-state index is 12.2. The van der Waals surface area contributed by atoms with E-state index in [9.17, 15) is 31.1 Å². The van der Waals surface area contributed by atoms with E-state index in [1.54, 1.807) is 0 Å². The van der Waals surface area contributed by atoms with Gasteiger partial charge in [-0.25, -0.2) is 0 Å². The molecule has 0 atom stereocenters. The largest absolute Gasteiger partial charge is 0.573 e. The van der Waals surface area contributed by atoms with Crippen molar-refractivity contribution in [1.29, 1.82) is 0 Å². The Kier molecular flexibility index (Phi) is 5.32. The van der Waals surface area contributed by atoms with Gasteiger partial charge in [0.05, 0.1) is 5.88 Å². The van der Waals surface area contributed by atoms with Crippen LogP contribution in [-0.2, 0) is 11.2 Å². The minimum atomic E-state index is -5.21. The number of carbonyl (C=O) groups excluding carboxylic acids is 1. The number of ketones is 1. The summed E-state index contributed by atoms with van der Waals surface area (Å²) < 4.78 is 79.7.